The molecule has 0 bridgehead atoms. The van der Waals surface area contributed by atoms with Crippen LogP contribution in [-0.2, 0) is 7.05 Å². The van der Waals surface area contributed by atoms with E-state index < -0.39 is 0 Å². The fourth-order valence-corrected chi connectivity index (χ4v) is 3.87. The second-order valence-electron chi connectivity index (χ2n) is 7.47. The second-order valence-corrected chi connectivity index (χ2v) is 7.47. The number of carbonyl (C=O) groups excluding carboxylic acids is 1. The van der Waals surface area contributed by atoms with Crippen molar-refractivity contribution in [3.8, 4) is 0 Å². The molecule has 2 fully saturated rings. The van der Waals surface area contributed by atoms with Gasteiger partial charge in [0.1, 0.15) is 18.0 Å². The molecule has 0 radical (unpaired) electrons. The average Bonchev–Trinajstić information content (AvgIpc) is 3.39. The van der Waals surface area contributed by atoms with E-state index in [2.05, 4.69) is 36.2 Å². The van der Waals surface area contributed by atoms with Gasteiger partial charge in [0, 0.05) is 52.0 Å². The monoisotopic (exact) mass is 369 g/mol. The summed E-state index contributed by atoms with van der Waals surface area (Å²) >= 11 is 0. The van der Waals surface area contributed by atoms with Crippen molar-refractivity contribution in [2.45, 2.75) is 25.7 Å². The maximum Gasteiger partial charge on any atom is 0.254 e. The summed E-state index contributed by atoms with van der Waals surface area (Å²) in [5.74, 6) is 2.52. The molecule has 1 amide bonds. The average molecular weight is 369 g/mol. The number of anilines is 2. The molecular formula is C19H27N7O. The Labute approximate surface area is 159 Å². The van der Waals surface area contributed by atoms with Crippen LogP contribution in [-0.4, -0.2) is 58.4 Å². The van der Waals surface area contributed by atoms with Crippen molar-refractivity contribution >= 4 is 17.5 Å². The van der Waals surface area contributed by atoms with Crippen LogP contribution in [0.3, 0.4) is 0 Å². The van der Waals surface area contributed by atoms with E-state index in [0.717, 1.165) is 50.7 Å². The smallest absolute Gasteiger partial charge is 0.254 e. The number of hydrogen-bond donors (Lipinski definition) is 1. The van der Waals surface area contributed by atoms with E-state index in [1.807, 2.05) is 7.05 Å². The molecule has 0 atom stereocenters. The Morgan fingerprint density at radius 1 is 1.11 bits per heavy atom. The maximum absolute atomic E-state index is 12.2. The quantitative estimate of drug-likeness (QED) is 0.860. The van der Waals surface area contributed by atoms with E-state index in [0.29, 0.717) is 18.0 Å². The summed E-state index contributed by atoms with van der Waals surface area (Å²) in [6.45, 7) is 4.82. The molecule has 2 aromatic rings. The lowest BCUT2D eigenvalue weighted by Gasteiger charge is -2.33. The van der Waals surface area contributed by atoms with Gasteiger partial charge in [-0.3, -0.25) is 9.48 Å². The van der Waals surface area contributed by atoms with Crippen molar-refractivity contribution in [1.29, 1.82) is 0 Å². The molecule has 1 N–H and O–H groups in total. The van der Waals surface area contributed by atoms with Crippen LogP contribution in [0.4, 0.5) is 11.6 Å². The predicted molar refractivity (Wildman–Crippen MR) is 104 cm³/mol. The zero-order valence-electron chi connectivity index (χ0n) is 15.8. The van der Waals surface area contributed by atoms with Crippen molar-refractivity contribution in [3.63, 3.8) is 0 Å². The Morgan fingerprint density at radius 2 is 1.78 bits per heavy atom. The Hall–Kier alpha value is -2.64. The lowest BCUT2D eigenvalue weighted by Crippen LogP contribution is -2.39. The molecule has 8 nitrogen and oxygen atoms in total. The van der Waals surface area contributed by atoms with Gasteiger partial charge in [-0.05, 0) is 31.6 Å². The van der Waals surface area contributed by atoms with E-state index in [1.165, 1.54) is 12.8 Å². The number of piperidine rings is 1. The van der Waals surface area contributed by atoms with Gasteiger partial charge in [0.25, 0.3) is 5.91 Å². The number of aromatic nitrogens is 4. The van der Waals surface area contributed by atoms with Crippen molar-refractivity contribution < 1.29 is 4.79 Å². The van der Waals surface area contributed by atoms with Gasteiger partial charge in [-0.25, -0.2) is 9.97 Å². The molecule has 2 aromatic heterocycles. The molecular weight excluding hydrogens is 342 g/mol. The van der Waals surface area contributed by atoms with Crippen LogP contribution >= 0.6 is 0 Å². The van der Waals surface area contributed by atoms with E-state index in [4.69, 9.17) is 0 Å². The molecule has 0 aliphatic carbocycles. The molecule has 4 heterocycles. The third kappa shape index (κ3) is 4.20. The van der Waals surface area contributed by atoms with Crippen molar-refractivity contribution in [1.82, 2.24) is 25.1 Å². The largest absolute Gasteiger partial charge is 0.356 e. The van der Waals surface area contributed by atoms with Crippen molar-refractivity contribution in [2.75, 3.05) is 42.5 Å². The number of hydrogen-bond acceptors (Lipinski definition) is 6. The molecule has 0 unspecified atom stereocenters. The third-order valence-corrected chi connectivity index (χ3v) is 5.53. The number of rotatable bonds is 5. The van der Waals surface area contributed by atoms with Gasteiger partial charge in [0.05, 0.1) is 11.8 Å². The minimum absolute atomic E-state index is 0.0448. The highest BCUT2D eigenvalue weighted by atomic mass is 16.1. The first-order valence-corrected chi connectivity index (χ1v) is 9.78. The summed E-state index contributed by atoms with van der Waals surface area (Å²) in [6, 6.07) is 2.12. The summed E-state index contributed by atoms with van der Waals surface area (Å²) in [7, 11) is 1.81. The first-order valence-electron chi connectivity index (χ1n) is 9.78. The molecule has 4 rings (SSSR count). The minimum atomic E-state index is -0.0448. The van der Waals surface area contributed by atoms with Crippen molar-refractivity contribution in [2.24, 2.45) is 13.0 Å². The maximum atomic E-state index is 12.2. The lowest BCUT2D eigenvalue weighted by atomic mass is 9.96. The zero-order chi connectivity index (χ0) is 18.6. The number of amides is 1. The molecule has 2 aliphatic rings. The summed E-state index contributed by atoms with van der Waals surface area (Å²) in [4.78, 5) is 25.8. The van der Waals surface area contributed by atoms with Crippen LogP contribution in [0.25, 0.3) is 0 Å². The number of aryl methyl sites for hydroxylation is 1. The highest BCUT2D eigenvalue weighted by molar-refractivity contribution is 5.93. The van der Waals surface area contributed by atoms with E-state index >= 15 is 0 Å². The van der Waals surface area contributed by atoms with Gasteiger partial charge < -0.3 is 15.1 Å². The van der Waals surface area contributed by atoms with Gasteiger partial charge in [0.2, 0.25) is 0 Å². The Bertz CT molecular complexity index is 776. The SMILES string of the molecule is Cn1cc(C(=O)NCC2CCN(c3cc(N4CCCC4)ncn3)CC2)cn1. The highest BCUT2D eigenvalue weighted by Crippen LogP contribution is 2.25. The van der Waals surface area contributed by atoms with Gasteiger partial charge >= 0.3 is 0 Å². The minimum Gasteiger partial charge on any atom is -0.356 e. The molecule has 144 valence electrons. The lowest BCUT2D eigenvalue weighted by molar-refractivity contribution is 0.0945. The Kier molecular flexibility index (Phi) is 5.22. The summed E-state index contributed by atoms with van der Waals surface area (Å²) < 4.78 is 1.64. The first-order chi connectivity index (χ1) is 13.2. The Morgan fingerprint density at radius 3 is 2.41 bits per heavy atom. The van der Waals surface area contributed by atoms with Gasteiger partial charge in [-0.15, -0.1) is 0 Å². The van der Waals surface area contributed by atoms with E-state index in [9.17, 15) is 4.79 Å². The third-order valence-electron chi connectivity index (χ3n) is 5.53. The van der Waals surface area contributed by atoms with Crippen LogP contribution in [0.1, 0.15) is 36.0 Å². The van der Waals surface area contributed by atoms with Crippen LogP contribution < -0.4 is 15.1 Å². The van der Waals surface area contributed by atoms with E-state index in [-0.39, 0.29) is 5.91 Å². The van der Waals surface area contributed by atoms with Crippen LogP contribution in [0.15, 0.2) is 24.8 Å². The van der Waals surface area contributed by atoms with Gasteiger partial charge in [-0.1, -0.05) is 0 Å². The summed E-state index contributed by atoms with van der Waals surface area (Å²) in [5, 5.41) is 7.08. The van der Waals surface area contributed by atoms with Crippen LogP contribution in [0.5, 0.6) is 0 Å². The molecule has 0 aromatic carbocycles. The second kappa shape index (κ2) is 7.94. The first kappa shape index (κ1) is 17.8. The predicted octanol–water partition coefficient (Wildman–Crippen LogP) is 1.46. The normalized spacial score (nSPS) is 18.1. The Balaban J connectivity index is 1.27. The fourth-order valence-electron chi connectivity index (χ4n) is 3.87. The zero-order valence-corrected chi connectivity index (χ0v) is 15.8. The molecule has 2 aliphatic heterocycles. The van der Waals surface area contributed by atoms with Crippen molar-refractivity contribution in [3.05, 3.63) is 30.4 Å². The molecule has 0 saturated carbocycles. The van der Waals surface area contributed by atoms with Crippen LogP contribution in [0.2, 0.25) is 0 Å². The topological polar surface area (TPSA) is 79.2 Å². The number of nitrogens with zero attached hydrogens (tertiary/aromatic N) is 6. The van der Waals surface area contributed by atoms with Gasteiger partial charge in [-0.2, -0.15) is 5.10 Å². The fraction of sp³-hybridized carbons (Fsp3) is 0.579. The number of nitrogens with one attached hydrogen (secondary N) is 1. The number of carbonyl (C=O) groups is 1. The molecule has 2 saturated heterocycles. The van der Waals surface area contributed by atoms with E-state index in [1.54, 1.807) is 23.4 Å². The van der Waals surface area contributed by atoms with Gasteiger partial charge in [0.15, 0.2) is 0 Å². The molecule has 27 heavy (non-hydrogen) atoms. The molecule has 0 spiro atoms. The van der Waals surface area contributed by atoms with Crippen LogP contribution in [0, 0.1) is 5.92 Å². The summed E-state index contributed by atoms with van der Waals surface area (Å²) in [5.41, 5.74) is 0.616. The standard InChI is InChI=1S/C19H27N7O/c1-24-13-16(12-23-24)19(27)20-11-15-4-8-26(9-5-15)18-10-17(21-14-22-18)25-6-2-3-7-25/h10,12-15H,2-9,11H2,1H3,(H,20,27). The molecule has 8 heteroatoms. The highest BCUT2D eigenvalue weighted by Gasteiger charge is 2.22. The summed E-state index contributed by atoms with van der Waals surface area (Å²) in [6.07, 6.45) is 9.62.